The zero-order valence-corrected chi connectivity index (χ0v) is 11.7. The number of nitrogens with zero attached hydrogens (tertiary/aromatic N) is 3. The van der Waals surface area contributed by atoms with E-state index in [0.29, 0.717) is 5.69 Å². The molecule has 2 aromatic rings. The molecule has 1 aromatic carbocycles. The minimum Gasteiger partial charge on any atom is -0.388 e. The number of hydrogen-bond donors (Lipinski definition) is 2. The van der Waals surface area contributed by atoms with Gasteiger partial charge in [0.1, 0.15) is 0 Å². The third-order valence-corrected chi connectivity index (χ3v) is 3.95. The van der Waals surface area contributed by atoms with Gasteiger partial charge in [0.2, 0.25) is 0 Å². The molecule has 0 aliphatic rings. The summed E-state index contributed by atoms with van der Waals surface area (Å²) in [6.07, 6.45) is 1.38. The Balaban J connectivity index is 2.47. The van der Waals surface area contributed by atoms with Crippen LogP contribution in [0.1, 0.15) is 0 Å². The first-order chi connectivity index (χ1) is 9.94. The van der Waals surface area contributed by atoms with Gasteiger partial charge in [-0.15, -0.1) is 5.10 Å². The fraction of sp³-hybridized carbons (Fsp3) is 0.0909. The molecule has 21 heavy (non-hydrogen) atoms. The Kier molecular flexibility index (Phi) is 3.98. The first-order valence-electron chi connectivity index (χ1n) is 5.71. The van der Waals surface area contributed by atoms with E-state index in [1.807, 2.05) is 0 Å². The Morgan fingerprint density at radius 2 is 2.05 bits per heavy atom. The SMILES string of the molecule is CNc1ccc(S(=O)(=O)Nc2cccnn2)c([N+](=O)[O-])c1. The Morgan fingerprint density at radius 3 is 2.62 bits per heavy atom. The van der Waals surface area contributed by atoms with E-state index in [2.05, 4.69) is 20.2 Å². The highest BCUT2D eigenvalue weighted by molar-refractivity contribution is 7.92. The molecule has 0 spiro atoms. The van der Waals surface area contributed by atoms with Gasteiger partial charge in [0, 0.05) is 25.0 Å². The lowest BCUT2D eigenvalue weighted by Gasteiger charge is -2.08. The van der Waals surface area contributed by atoms with Gasteiger partial charge in [0.05, 0.1) is 4.92 Å². The highest BCUT2D eigenvalue weighted by Crippen LogP contribution is 2.28. The maximum atomic E-state index is 12.2. The van der Waals surface area contributed by atoms with Crippen molar-refractivity contribution in [2.24, 2.45) is 0 Å². The minimum atomic E-state index is -4.14. The summed E-state index contributed by atoms with van der Waals surface area (Å²) in [6.45, 7) is 0. The average Bonchev–Trinajstić information content (AvgIpc) is 2.47. The second kappa shape index (κ2) is 5.71. The second-order valence-corrected chi connectivity index (χ2v) is 5.55. The van der Waals surface area contributed by atoms with E-state index >= 15 is 0 Å². The minimum absolute atomic E-state index is 0.0236. The van der Waals surface area contributed by atoms with Crippen molar-refractivity contribution in [1.82, 2.24) is 10.2 Å². The summed E-state index contributed by atoms with van der Waals surface area (Å²) >= 11 is 0. The molecule has 0 fully saturated rings. The predicted octanol–water partition coefficient (Wildman–Crippen LogP) is 1.23. The number of nitrogens with one attached hydrogen (secondary N) is 2. The van der Waals surface area contributed by atoms with Crippen LogP contribution in [0.2, 0.25) is 0 Å². The number of nitro groups is 1. The van der Waals surface area contributed by atoms with Gasteiger partial charge in [0.25, 0.3) is 15.7 Å². The molecule has 0 aliphatic carbocycles. The molecule has 2 N–H and O–H groups in total. The van der Waals surface area contributed by atoms with E-state index in [4.69, 9.17) is 0 Å². The maximum absolute atomic E-state index is 12.2. The van der Waals surface area contributed by atoms with Crippen LogP contribution >= 0.6 is 0 Å². The van der Waals surface area contributed by atoms with Crippen LogP contribution < -0.4 is 10.0 Å². The molecular formula is C11H11N5O4S. The Hall–Kier alpha value is -2.75. The van der Waals surface area contributed by atoms with Crippen LogP contribution in [-0.4, -0.2) is 30.6 Å². The first-order valence-corrected chi connectivity index (χ1v) is 7.19. The van der Waals surface area contributed by atoms with Crippen molar-refractivity contribution in [2.45, 2.75) is 4.90 Å². The third kappa shape index (κ3) is 3.23. The standard InChI is InChI=1S/C11H11N5O4S/c1-12-8-4-5-10(9(7-8)16(17)18)21(19,20)15-11-3-2-6-13-14-11/h2-7,12H,1H3,(H,14,15). The van der Waals surface area contributed by atoms with Gasteiger partial charge in [-0.2, -0.15) is 5.10 Å². The van der Waals surface area contributed by atoms with Crippen LogP contribution in [0.25, 0.3) is 0 Å². The lowest BCUT2D eigenvalue weighted by molar-refractivity contribution is -0.387. The molecule has 9 nitrogen and oxygen atoms in total. The van der Waals surface area contributed by atoms with E-state index in [1.54, 1.807) is 7.05 Å². The van der Waals surface area contributed by atoms with Gasteiger partial charge in [-0.25, -0.2) is 8.42 Å². The molecular weight excluding hydrogens is 298 g/mol. The summed E-state index contributed by atoms with van der Waals surface area (Å²) in [4.78, 5) is 9.84. The van der Waals surface area contributed by atoms with Crippen molar-refractivity contribution >= 4 is 27.2 Å². The third-order valence-electron chi connectivity index (χ3n) is 2.55. The number of sulfonamides is 1. The lowest BCUT2D eigenvalue weighted by Crippen LogP contribution is -2.16. The van der Waals surface area contributed by atoms with Gasteiger partial charge < -0.3 is 5.32 Å². The smallest absolute Gasteiger partial charge is 0.291 e. The van der Waals surface area contributed by atoms with Crippen molar-refractivity contribution < 1.29 is 13.3 Å². The number of rotatable bonds is 5. The van der Waals surface area contributed by atoms with Crippen LogP contribution in [0.5, 0.6) is 0 Å². The van der Waals surface area contributed by atoms with Gasteiger partial charge in [-0.3, -0.25) is 14.8 Å². The summed E-state index contributed by atoms with van der Waals surface area (Å²) in [5.41, 5.74) is -0.0987. The molecule has 2 rings (SSSR count). The molecule has 0 saturated carbocycles. The number of benzene rings is 1. The number of anilines is 2. The second-order valence-electron chi connectivity index (χ2n) is 3.90. The van der Waals surface area contributed by atoms with Gasteiger partial charge in [-0.05, 0) is 24.3 Å². The highest BCUT2D eigenvalue weighted by Gasteiger charge is 2.26. The quantitative estimate of drug-likeness (QED) is 0.628. The van der Waals surface area contributed by atoms with Crippen molar-refractivity contribution in [3.63, 3.8) is 0 Å². The van der Waals surface area contributed by atoms with Crippen molar-refractivity contribution in [2.75, 3.05) is 17.1 Å². The molecule has 0 saturated heterocycles. The lowest BCUT2D eigenvalue weighted by atomic mass is 10.3. The van der Waals surface area contributed by atoms with Crippen LogP contribution in [0.15, 0.2) is 41.4 Å². The summed E-state index contributed by atoms with van der Waals surface area (Å²) in [6, 6.07) is 6.61. The van der Waals surface area contributed by atoms with E-state index in [-0.39, 0.29) is 5.82 Å². The Morgan fingerprint density at radius 1 is 1.29 bits per heavy atom. The van der Waals surface area contributed by atoms with Gasteiger partial charge in [0.15, 0.2) is 10.7 Å². The number of aromatic nitrogens is 2. The molecule has 1 heterocycles. The molecule has 0 aliphatic heterocycles. The zero-order valence-electron chi connectivity index (χ0n) is 10.8. The molecule has 1 aromatic heterocycles. The molecule has 0 unspecified atom stereocenters. The summed E-state index contributed by atoms with van der Waals surface area (Å²) in [5.74, 6) is -0.0236. The van der Waals surface area contributed by atoms with Crippen LogP contribution in [-0.2, 0) is 10.0 Å². The summed E-state index contributed by atoms with van der Waals surface area (Å²) < 4.78 is 26.6. The maximum Gasteiger partial charge on any atom is 0.291 e. The Bertz CT molecular complexity index is 763. The number of nitro benzene ring substituents is 1. The molecule has 0 bridgehead atoms. The largest absolute Gasteiger partial charge is 0.388 e. The monoisotopic (exact) mass is 309 g/mol. The van der Waals surface area contributed by atoms with Crippen LogP contribution in [0.3, 0.4) is 0 Å². The summed E-state index contributed by atoms with van der Waals surface area (Å²) in [5, 5.41) is 20.9. The van der Waals surface area contributed by atoms with Gasteiger partial charge in [-0.1, -0.05) is 0 Å². The predicted molar refractivity (Wildman–Crippen MR) is 75.5 cm³/mol. The van der Waals surface area contributed by atoms with Gasteiger partial charge >= 0.3 is 0 Å². The molecule has 110 valence electrons. The Labute approximate surface area is 120 Å². The average molecular weight is 309 g/mol. The van der Waals surface area contributed by atoms with Crippen molar-refractivity contribution in [1.29, 1.82) is 0 Å². The molecule has 10 heteroatoms. The summed E-state index contributed by atoms with van der Waals surface area (Å²) in [7, 11) is -2.56. The zero-order chi connectivity index (χ0) is 15.5. The highest BCUT2D eigenvalue weighted by atomic mass is 32.2. The van der Waals surface area contributed by atoms with E-state index < -0.39 is 25.5 Å². The normalized spacial score (nSPS) is 10.9. The van der Waals surface area contributed by atoms with Crippen molar-refractivity contribution in [3.05, 3.63) is 46.6 Å². The molecule has 0 amide bonds. The first kappa shape index (κ1) is 14.7. The van der Waals surface area contributed by atoms with Crippen molar-refractivity contribution in [3.8, 4) is 0 Å². The fourth-order valence-corrected chi connectivity index (χ4v) is 2.74. The van der Waals surface area contributed by atoms with Crippen LogP contribution in [0.4, 0.5) is 17.2 Å². The fourth-order valence-electron chi connectivity index (χ4n) is 1.59. The van der Waals surface area contributed by atoms with E-state index in [9.17, 15) is 18.5 Å². The number of hydrogen-bond acceptors (Lipinski definition) is 7. The topological polar surface area (TPSA) is 127 Å². The van der Waals surface area contributed by atoms with E-state index in [1.165, 1.54) is 24.4 Å². The molecule has 0 atom stereocenters. The molecule has 0 radical (unpaired) electrons. The van der Waals surface area contributed by atoms with E-state index in [0.717, 1.165) is 12.1 Å². The van der Waals surface area contributed by atoms with Crippen LogP contribution in [0, 0.1) is 10.1 Å².